The molecule has 2 aromatic carbocycles. The summed E-state index contributed by atoms with van der Waals surface area (Å²) in [5, 5.41) is 0.609. The van der Waals surface area contributed by atoms with E-state index in [0.717, 1.165) is 10.0 Å². The Kier molecular flexibility index (Phi) is 4.80. The zero-order valence-corrected chi connectivity index (χ0v) is 12.3. The molecule has 5 heteroatoms. The summed E-state index contributed by atoms with van der Waals surface area (Å²) >= 11 is 9.18. The molecule has 100 valence electrons. The second kappa shape index (κ2) is 6.37. The van der Waals surface area contributed by atoms with Crippen molar-refractivity contribution in [1.82, 2.24) is 0 Å². The minimum Gasteiger partial charge on any atom is -0.488 e. The van der Waals surface area contributed by atoms with E-state index in [0.29, 0.717) is 22.9 Å². The van der Waals surface area contributed by atoms with Crippen LogP contribution >= 0.6 is 27.5 Å². The highest BCUT2D eigenvalue weighted by Crippen LogP contribution is 2.28. The normalized spacial score (nSPS) is 10.5. The second-order valence-electron chi connectivity index (χ2n) is 3.99. The molecule has 0 aliphatic rings. The number of benzene rings is 2. The van der Waals surface area contributed by atoms with Gasteiger partial charge in [0, 0.05) is 17.1 Å². The van der Waals surface area contributed by atoms with E-state index in [9.17, 15) is 4.39 Å². The van der Waals surface area contributed by atoms with Crippen LogP contribution in [0.1, 0.15) is 11.1 Å². The van der Waals surface area contributed by atoms with Crippen LogP contribution in [0, 0.1) is 5.82 Å². The third-order valence-electron chi connectivity index (χ3n) is 2.63. The Morgan fingerprint density at radius 1 is 1.21 bits per heavy atom. The van der Waals surface area contributed by atoms with Gasteiger partial charge in [0.25, 0.3) is 0 Å². The van der Waals surface area contributed by atoms with Gasteiger partial charge in [-0.1, -0.05) is 23.7 Å². The van der Waals surface area contributed by atoms with Crippen molar-refractivity contribution in [3.63, 3.8) is 0 Å². The predicted molar refractivity (Wildman–Crippen MR) is 77.8 cm³/mol. The van der Waals surface area contributed by atoms with Crippen LogP contribution < -0.4 is 10.5 Å². The van der Waals surface area contributed by atoms with Crippen LogP contribution in [-0.2, 0) is 13.2 Å². The molecule has 0 saturated heterocycles. The van der Waals surface area contributed by atoms with E-state index in [1.54, 1.807) is 30.3 Å². The molecular weight excluding hydrogens is 333 g/mol. The van der Waals surface area contributed by atoms with Gasteiger partial charge >= 0.3 is 0 Å². The van der Waals surface area contributed by atoms with Crippen molar-refractivity contribution in [3.05, 3.63) is 62.8 Å². The van der Waals surface area contributed by atoms with Crippen molar-refractivity contribution in [1.29, 1.82) is 0 Å². The lowest BCUT2D eigenvalue weighted by atomic mass is 10.1. The molecule has 0 saturated carbocycles. The highest BCUT2D eigenvalue weighted by atomic mass is 79.9. The van der Waals surface area contributed by atoms with Crippen LogP contribution in [0.4, 0.5) is 4.39 Å². The third-order valence-corrected chi connectivity index (χ3v) is 3.49. The maximum atomic E-state index is 13.7. The maximum absolute atomic E-state index is 13.7. The van der Waals surface area contributed by atoms with Gasteiger partial charge in [-0.2, -0.15) is 0 Å². The van der Waals surface area contributed by atoms with Gasteiger partial charge in [-0.05, 0) is 45.8 Å². The summed E-state index contributed by atoms with van der Waals surface area (Å²) in [6.07, 6.45) is 0. The summed E-state index contributed by atoms with van der Waals surface area (Å²) in [4.78, 5) is 0. The van der Waals surface area contributed by atoms with E-state index >= 15 is 0 Å². The number of rotatable bonds is 4. The van der Waals surface area contributed by atoms with E-state index in [1.165, 1.54) is 6.07 Å². The van der Waals surface area contributed by atoms with Gasteiger partial charge in [-0.15, -0.1) is 0 Å². The molecule has 0 spiro atoms. The summed E-state index contributed by atoms with van der Waals surface area (Å²) in [5.41, 5.74) is 6.69. The summed E-state index contributed by atoms with van der Waals surface area (Å²) in [5.74, 6) is 0.305. The fraction of sp³-hybridized carbons (Fsp3) is 0.143. The van der Waals surface area contributed by atoms with Gasteiger partial charge in [0.15, 0.2) is 0 Å². The summed E-state index contributed by atoms with van der Waals surface area (Å²) in [6, 6.07) is 10.1. The summed E-state index contributed by atoms with van der Waals surface area (Å²) < 4.78 is 20.0. The second-order valence-corrected chi connectivity index (χ2v) is 5.28. The molecule has 0 heterocycles. The average Bonchev–Trinajstić information content (AvgIpc) is 2.39. The molecule has 19 heavy (non-hydrogen) atoms. The molecule has 0 radical (unpaired) electrons. The van der Waals surface area contributed by atoms with Crippen LogP contribution in [0.2, 0.25) is 5.02 Å². The lowest BCUT2D eigenvalue weighted by Gasteiger charge is -2.10. The van der Waals surface area contributed by atoms with Gasteiger partial charge in [-0.3, -0.25) is 0 Å². The molecule has 0 aliphatic heterocycles. The highest BCUT2D eigenvalue weighted by molar-refractivity contribution is 9.10. The van der Waals surface area contributed by atoms with Gasteiger partial charge < -0.3 is 10.5 Å². The maximum Gasteiger partial charge on any atom is 0.134 e. The zero-order chi connectivity index (χ0) is 13.8. The van der Waals surface area contributed by atoms with Crippen molar-refractivity contribution in [2.75, 3.05) is 0 Å². The number of ether oxygens (including phenoxy) is 1. The summed E-state index contributed by atoms with van der Waals surface area (Å²) in [6.45, 7) is 0.470. The first-order chi connectivity index (χ1) is 9.10. The zero-order valence-electron chi connectivity index (χ0n) is 10.00. The van der Waals surface area contributed by atoms with Crippen molar-refractivity contribution >= 4 is 27.5 Å². The van der Waals surface area contributed by atoms with Gasteiger partial charge in [-0.25, -0.2) is 4.39 Å². The van der Waals surface area contributed by atoms with Crippen molar-refractivity contribution < 1.29 is 9.13 Å². The quantitative estimate of drug-likeness (QED) is 0.898. The Morgan fingerprint density at radius 2 is 2.00 bits per heavy atom. The molecule has 0 bridgehead atoms. The fourth-order valence-electron chi connectivity index (χ4n) is 1.58. The van der Waals surface area contributed by atoms with E-state index in [4.69, 9.17) is 22.1 Å². The smallest absolute Gasteiger partial charge is 0.134 e. The van der Waals surface area contributed by atoms with Crippen LogP contribution in [0.15, 0.2) is 40.9 Å². The Hall–Kier alpha value is -1.10. The predicted octanol–water partition coefficient (Wildman–Crippen LogP) is 4.28. The Bertz CT molecular complexity index is 592. The molecular formula is C14H12BrClFNO. The van der Waals surface area contributed by atoms with Crippen LogP contribution in [-0.4, -0.2) is 0 Å². The van der Waals surface area contributed by atoms with Crippen LogP contribution in [0.3, 0.4) is 0 Å². The molecule has 2 aromatic rings. The average molecular weight is 345 g/mol. The molecule has 0 amide bonds. The van der Waals surface area contributed by atoms with E-state index < -0.39 is 0 Å². The third kappa shape index (κ3) is 3.69. The van der Waals surface area contributed by atoms with E-state index in [2.05, 4.69) is 15.9 Å². The standard InChI is InChI=1S/C14H12BrClFNO/c15-12-6-11(16)3-4-14(12)19-8-10-2-1-9(7-18)5-13(10)17/h1-6H,7-8,18H2. The first-order valence-electron chi connectivity index (χ1n) is 5.65. The molecule has 0 unspecified atom stereocenters. The first-order valence-corrected chi connectivity index (χ1v) is 6.82. The van der Waals surface area contributed by atoms with Gasteiger partial charge in [0.05, 0.1) is 4.47 Å². The number of hydrogen-bond donors (Lipinski definition) is 1. The number of halogens is 3. The largest absolute Gasteiger partial charge is 0.488 e. The molecule has 0 fully saturated rings. The SMILES string of the molecule is NCc1ccc(COc2ccc(Cl)cc2Br)c(F)c1. The molecule has 0 aromatic heterocycles. The monoisotopic (exact) mass is 343 g/mol. The van der Waals surface area contributed by atoms with Crippen molar-refractivity contribution in [2.24, 2.45) is 5.73 Å². The van der Waals surface area contributed by atoms with E-state index in [1.807, 2.05) is 0 Å². The molecule has 2 nitrogen and oxygen atoms in total. The first kappa shape index (κ1) is 14.3. The Balaban J connectivity index is 2.10. The highest BCUT2D eigenvalue weighted by Gasteiger charge is 2.06. The topological polar surface area (TPSA) is 35.2 Å². The number of hydrogen-bond acceptors (Lipinski definition) is 2. The molecule has 2 N–H and O–H groups in total. The molecule has 2 rings (SSSR count). The summed E-state index contributed by atoms with van der Waals surface area (Å²) in [7, 11) is 0. The van der Waals surface area contributed by atoms with Crippen LogP contribution in [0.5, 0.6) is 5.75 Å². The molecule has 0 atom stereocenters. The van der Waals surface area contributed by atoms with Crippen molar-refractivity contribution in [3.8, 4) is 5.75 Å². The lowest BCUT2D eigenvalue weighted by molar-refractivity contribution is 0.298. The molecule has 0 aliphatic carbocycles. The minimum absolute atomic E-state index is 0.150. The Labute approximate surface area is 124 Å². The fourth-order valence-corrected chi connectivity index (χ4v) is 2.38. The van der Waals surface area contributed by atoms with Gasteiger partial charge in [0.2, 0.25) is 0 Å². The lowest BCUT2D eigenvalue weighted by Crippen LogP contribution is -2.02. The van der Waals surface area contributed by atoms with Crippen molar-refractivity contribution in [2.45, 2.75) is 13.2 Å². The number of nitrogens with two attached hydrogens (primary N) is 1. The minimum atomic E-state index is -0.312. The van der Waals surface area contributed by atoms with Crippen LogP contribution in [0.25, 0.3) is 0 Å². The van der Waals surface area contributed by atoms with Gasteiger partial charge in [0.1, 0.15) is 18.2 Å². The van der Waals surface area contributed by atoms with E-state index in [-0.39, 0.29) is 12.4 Å². The Morgan fingerprint density at radius 3 is 2.63 bits per heavy atom.